The van der Waals surface area contributed by atoms with Crippen molar-refractivity contribution in [2.75, 3.05) is 10.4 Å². The molecule has 3 N–H and O–H groups in total. The van der Waals surface area contributed by atoms with E-state index in [1.165, 1.54) is 11.1 Å². The van der Waals surface area contributed by atoms with Gasteiger partial charge < -0.3 is 10.2 Å². The zero-order valence-corrected chi connectivity index (χ0v) is 18.3. The normalized spacial score (nSPS) is 14.5. The van der Waals surface area contributed by atoms with E-state index in [1.807, 2.05) is 32.0 Å². The van der Waals surface area contributed by atoms with Crippen LogP contribution in [0.5, 0.6) is 5.75 Å². The predicted octanol–water partition coefficient (Wildman–Crippen LogP) is 4.56. The third-order valence-electron chi connectivity index (χ3n) is 5.46. The maximum Gasteiger partial charge on any atom is 0.339 e. The first-order valence-electron chi connectivity index (χ1n) is 10.2. The molecule has 8 nitrogen and oxygen atoms in total. The number of aromatic carboxylic acids is 1. The Morgan fingerprint density at radius 3 is 2.48 bits per heavy atom. The van der Waals surface area contributed by atoms with Crippen LogP contribution in [0, 0.1) is 13.8 Å². The number of carbonyl (C=O) groups is 2. The number of hydrogen-bond acceptors (Lipinski definition) is 6. The van der Waals surface area contributed by atoms with Crippen molar-refractivity contribution in [1.29, 1.82) is 0 Å². The molecule has 4 rings (SSSR count). The van der Waals surface area contributed by atoms with Crippen LogP contribution in [0.1, 0.15) is 28.4 Å². The van der Waals surface area contributed by atoms with Crippen LogP contribution in [0.2, 0.25) is 0 Å². The molecule has 0 aromatic heterocycles. The van der Waals surface area contributed by atoms with Gasteiger partial charge in [0.05, 0.1) is 17.1 Å². The molecular weight excluding hydrogens is 420 g/mol. The third kappa shape index (κ3) is 4.18. The second kappa shape index (κ2) is 8.58. The SMILES string of the molecule is CC1=NN(c2ccc(C)c(C)c2)C(=O)/C1=N\Nc1cccc(-c2cccc(C(=O)O)c2O)c1. The summed E-state index contributed by atoms with van der Waals surface area (Å²) >= 11 is 0. The lowest BCUT2D eigenvalue weighted by Crippen LogP contribution is -2.28. The standard InChI is InChI=1S/C25H22N4O4/c1-14-10-11-19(12-15(14)2)29-24(31)22(16(3)28-29)27-26-18-7-4-6-17(13-18)20-8-5-9-21(23(20)30)25(32)33/h4-13,26,30H,1-3H3,(H,32,33)/b27-22-. The van der Waals surface area contributed by atoms with Gasteiger partial charge in [-0.05, 0) is 67.8 Å². The summed E-state index contributed by atoms with van der Waals surface area (Å²) in [4.78, 5) is 24.2. The largest absolute Gasteiger partial charge is 0.506 e. The number of nitrogens with zero attached hydrogens (tertiary/aromatic N) is 3. The summed E-state index contributed by atoms with van der Waals surface area (Å²) in [6, 6.07) is 17.2. The molecule has 0 aliphatic carbocycles. The van der Waals surface area contributed by atoms with Crippen LogP contribution in [0.15, 0.2) is 70.9 Å². The third-order valence-corrected chi connectivity index (χ3v) is 5.46. The molecule has 0 unspecified atom stereocenters. The summed E-state index contributed by atoms with van der Waals surface area (Å²) in [6.45, 7) is 5.69. The number of amides is 1. The number of carboxylic acids is 1. The van der Waals surface area contributed by atoms with Crippen molar-refractivity contribution < 1.29 is 19.8 Å². The van der Waals surface area contributed by atoms with Crippen LogP contribution in [0.25, 0.3) is 11.1 Å². The number of phenols is 1. The van der Waals surface area contributed by atoms with E-state index in [2.05, 4.69) is 15.6 Å². The fourth-order valence-electron chi connectivity index (χ4n) is 3.48. The zero-order chi connectivity index (χ0) is 23.7. The number of aromatic hydroxyl groups is 1. The first-order valence-corrected chi connectivity index (χ1v) is 10.2. The van der Waals surface area contributed by atoms with E-state index in [9.17, 15) is 19.8 Å². The van der Waals surface area contributed by atoms with Crippen LogP contribution >= 0.6 is 0 Å². The number of carboxylic acid groups (broad SMARTS) is 1. The van der Waals surface area contributed by atoms with Crippen molar-refractivity contribution in [2.45, 2.75) is 20.8 Å². The lowest BCUT2D eigenvalue weighted by atomic mass is 10.0. The second-order valence-electron chi connectivity index (χ2n) is 7.73. The Balaban J connectivity index is 1.59. The van der Waals surface area contributed by atoms with Crippen LogP contribution in [-0.4, -0.2) is 33.5 Å². The average Bonchev–Trinajstić information content (AvgIpc) is 3.07. The first kappa shape index (κ1) is 21.8. The molecule has 8 heteroatoms. The molecule has 1 amide bonds. The number of aryl methyl sites for hydroxylation is 2. The van der Waals surface area contributed by atoms with E-state index >= 15 is 0 Å². The molecule has 3 aromatic carbocycles. The lowest BCUT2D eigenvalue weighted by Gasteiger charge is -2.13. The Morgan fingerprint density at radius 2 is 1.76 bits per heavy atom. The number of carbonyl (C=O) groups excluding carboxylic acids is 1. The molecule has 0 bridgehead atoms. The summed E-state index contributed by atoms with van der Waals surface area (Å²) < 4.78 is 0. The number of hydrazone groups is 2. The minimum atomic E-state index is -1.21. The van der Waals surface area contributed by atoms with Crippen LogP contribution in [-0.2, 0) is 4.79 Å². The minimum absolute atomic E-state index is 0.180. The van der Waals surface area contributed by atoms with Crippen LogP contribution in [0.3, 0.4) is 0 Å². The van der Waals surface area contributed by atoms with Gasteiger partial charge in [0, 0.05) is 5.56 Å². The molecule has 0 saturated heterocycles. The Kier molecular flexibility index (Phi) is 5.66. The van der Waals surface area contributed by atoms with Gasteiger partial charge in [-0.1, -0.05) is 30.3 Å². The topological polar surface area (TPSA) is 115 Å². The highest BCUT2D eigenvalue weighted by Gasteiger charge is 2.31. The van der Waals surface area contributed by atoms with Crippen LogP contribution < -0.4 is 10.4 Å². The summed E-state index contributed by atoms with van der Waals surface area (Å²) in [7, 11) is 0. The zero-order valence-electron chi connectivity index (χ0n) is 18.3. The van der Waals surface area contributed by atoms with Crippen molar-refractivity contribution in [3.8, 4) is 16.9 Å². The molecule has 0 fully saturated rings. The number of anilines is 2. The molecule has 1 heterocycles. The van der Waals surface area contributed by atoms with E-state index in [0.29, 0.717) is 28.2 Å². The Bertz CT molecular complexity index is 1340. The Hall–Kier alpha value is -4.46. The first-order chi connectivity index (χ1) is 15.8. The highest BCUT2D eigenvalue weighted by molar-refractivity contribution is 6.71. The number of hydrogen-bond donors (Lipinski definition) is 3. The molecule has 1 aliphatic rings. The Morgan fingerprint density at radius 1 is 1.00 bits per heavy atom. The summed E-state index contributed by atoms with van der Waals surface area (Å²) in [6.07, 6.45) is 0. The van der Waals surface area contributed by atoms with Crippen LogP contribution in [0.4, 0.5) is 11.4 Å². The highest BCUT2D eigenvalue weighted by Crippen LogP contribution is 2.33. The average molecular weight is 442 g/mol. The fraction of sp³-hybridized carbons (Fsp3) is 0.120. The number of benzene rings is 3. The molecule has 166 valence electrons. The predicted molar refractivity (Wildman–Crippen MR) is 128 cm³/mol. The van der Waals surface area contributed by atoms with Crippen molar-refractivity contribution in [2.24, 2.45) is 10.2 Å². The minimum Gasteiger partial charge on any atom is -0.506 e. The fourth-order valence-corrected chi connectivity index (χ4v) is 3.48. The summed E-state index contributed by atoms with van der Waals surface area (Å²) in [5, 5.41) is 29.5. The van der Waals surface area contributed by atoms with E-state index in [0.717, 1.165) is 11.1 Å². The lowest BCUT2D eigenvalue weighted by molar-refractivity contribution is -0.112. The van der Waals surface area contributed by atoms with E-state index < -0.39 is 5.97 Å². The van der Waals surface area contributed by atoms with E-state index in [-0.39, 0.29) is 22.9 Å². The molecule has 1 aliphatic heterocycles. The van der Waals surface area contributed by atoms with Crippen molar-refractivity contribution in [3.05, 3.63) is 77.4 Å². The molecule has 0 spiro atoms. The Labute approximate surface area is 190 Å². The van der Waals surface area contributed by atoms with Crippen molar-refractivity contribution in [1.82, 2.24) is 0 Å². The smallest absolute Gasteiger partial charge is 0.339 e. The summed E-state index contributed by atoms with van der Waals surface area (Å²) in [5.41, 5.74) is 7.75. The van der Waals surface area contributed by atoms with Gasteiger partial charge >= 0.3 is 11.9 Å². The molecule has 0 atom stereocenters. The van der Waals surface area contributed by atoms with Crippen molar-refractivity contribution >= 4 is 34.7 Å². The second-order valence-corrected chi connectivity index (χ2v) is 7.73. The number of para-hydroxylation sites is 1. The van der Waals surface area contributed by atoms with Gasteiger partial charge in [0.1, 0.15) is 11.3 Å². The van der Waals surface area contributed by atoms with E-state index in [4.69, 9.17) is 0 Å². The maximum atomic E-state index is 12.9. The maximum absolute atomic E-state index is 12.9. The van der Waals surface area contributed by atoms with Gasteiger partial charge in [0.2, 0.25) is 0 Å². The van der Waals surface area contributed by atoms with Crippen molar-refractivity contribution in [3.63, 3.8) is 0 Å². The van der Waals surface area contributed by atoms with Gasteiger partial charge in [-0.15, -0.1) is 0 Å². The van der Waals surface area contributed by atoms with Gasteiger partial charge in [0.15, 0.2) is 5.71 Å². The van der Waals surface area contributed by atoms with Gasteiger partial charge in [-0.25, -0.2) is 4.79 Å². The molecule has 3 aromatic rings. The van der Waals surface area contributed by atoms with Gasteiger partial charge in [0.25, 0.3) is 0 Å². The summed E-state index contributed by atoms with van der Waals surface area (Å²) in [5.74, 6) is -1.87. The number of rotatable bonds is 5. The number of nitrogens with one attached hydrogen (secondary N) is 1. The van der Waals surface area contributed by atoms with E-state index in [1.54, 1.807) is 43.3 Å². The van der Waals surface area contributed by atoms with Gasteiger partial charge in [-0.3, -0.25) is 10.2 Å². The molecular formula is C25H22N4O4. The highest BCUT2D eigenvalue weighted by atomic mass is 16.4. The molecule has 0 saturated carbocycles. The molecule has 0 radical (unpaired) electrons. The van der Waals surface area contributed by atoms with Gasteiger partial charge in [-0.2, -0.15) is 15.2 Å². The quantitative estimate of drug-likeness (QED) is 0.501. The monoisotopic (exact) mass is 442 g/mol. The molecule has 33 heavy (non-hydrogen) atoms.